The Hall–Kier alpha value is -1.95. The largest absolute Gasteiger partial charge is 0.494 e. The number of ketones is 1. The fourth-order valence-electron chi connectivity index (χ4n) is 2.07. The van der Waals surface area contributed by atoms with Gasteiger partial charge in [0.2, 0.25) is 0 Å². The number of hydrogen-bond donors (Lipinski definition) is 0. The van der Waals surface area contributed by atoms with Crippen molar-refractivity contribution in [1.82, 2.24) is 0 Å². The van der Waals surface area contributed by atoms with Gasteiger partial charge in [0.25, 0.3) is 0 Å². The molecule has 0 saturated carbocycles. The first-order valence-electron chi connectivity index (χ1n) is 7.49. The summed E-state index contributed by atoms with van der Waals surface area (Å²) in [6, 6.07) is 9.72. The van der Waals surface area contributed by atoms with E-state index in [4.69, 9.17) is 9.47 Å². The van der Waals surface area contributed by atoms with Gasteiger partial charge in [-0.1, -0.05) is 15.9 Å². The maximum atomic E-state index is 14.0. The predicted molar refractivity (Wildman–Crippen MR) is 90.7 cm³/mol. The van der Waals surface area contributed by atoms with Crippen molar-refractivity contribution >= 4 is 21.7 Å². The Labute approximate surface area is 147 Å². The molecular formula is C18H17BrF2O3. The summed E-state index contributed by atoms with van der Waals surface area (Å²) in [6.07, 6.45) is 1.36. The molecule has 0 aliphatic rings. The summed E-state index contributed by atoms with van der Waals surface area (Å²) in [4.78, 5) is 11.3. The minimum absolute atomic E-state index is 0.115. The zero-order valence-corrected chi connectivity index (χ0v) is 14.7. The van der Waals surface area contributed by atoms with E-state index in [0.717, 1.165) is 29.6 Å². The highest BCUT2D eigenvalue weighted by atomic mass is 79.9. The van der Waals surface area contributed by atoms with Crippen molar-refractivity contribution in [2.45, 2.75) is 19.8 Å². The summed E-state index contributed by atoms with van der Waals surface area (Å²) in [5.74, 6) is -1.84. The SMILES string of the molecule is CC(=O)c1c(F)ccc(OCCCCOc2ccc(Br)cc2)c1F. The highest BCUT2D eigenvalue weighted by molar-refractivity contribution is 9.10. The predicted octanol–water partition coefficient (Wildman–Crippen LogP) is 5.17. The molecule has 0 aliphatic carbocycles. The summed E-state index contributed by atoms with van der Waals surface area (Å²) in [5, 5.41) is 0. The van der Waals surface area contributed by atoms with Crippen LogP contribution in [0.1, 0.15) is 30.1 Å². The number of hydrogen-bond acceptors (Lipinski definition) is 3. The van der Waals surface area contributed by atoms with E-state index in [0.29, 0.717) is 13.0 Å². The van der Waals surface area contributed by atoms with Crippen LogP contribution < -0.4 is 9.47 Å². The van der Waals surface area contributed by atoms with Crippen LogP contribution in [0.3, 0.4) is 0 Å². The van der Waals surface area contributed by atoms with Gasteiger partial charge in [-0.05, 0) is 56.2 Å². The number of ether oxygens (including phenoxy) is 2. The minimum atomic E-state index is -0.950. The lowest BCUT2D eigenvalue weighted by Gasteiger charge is -2.10. The zero-order chi connectivity index (χ0) is 17.5. The van der Waals surface area contributed by atoms with Crippen molar-refractivity contribution in [3.63, 3.8) is 0 Å². The molecule has 0 N–H and O–H groups in total. The smallest absolute Gasteiger partial charge is 0.178 e. The fourth-order valence-corrected chi connectivity index (χ4v) is 2.34. The minimum Gasteiger partial charge on any atom is -0.494 e. The molecule has 0 unspecified atom stereocenters. The van der Waals surface area contributed by atoms with Crippen LogP contribution >= 0.6 is 15.9 Å². The molecule has 0 amide bonds. The summed E-state index contributed by atoms with van der Waals surface area (Å²) in [6.45, 7) is 1.88. The first-order chi connectivity index (χ1) is 11.5. The van der Waals surface area contributed by atoms with Crippen LogP contribution in [0.15, 0.2) is 40.9 Å². The summed E-state index contributed by atoms with van der Waals surface area (Å²) in [7, 11) is 0. The number of benzene rings is 2. The molecule has 24 heavy (non-hydrogen) atoms. The normalized spacial score (nSPS) is 10.5. The fraction of sp³-hybridized carbons (Fsp3) is 0.278. The number of unbranched alkanes of at least 4 members (excludes halogenated alkanes) is 1. The van der Waals surface area contributed by atoms with E-state index in [1.807, 2.05) is 24.3 Å². The van der Waals surface area contributed by atoms with Crippen molar-refractivity contribution < 1.29 is 23.0 Å². The standard InChI is InChI=1S/C18H17BrF2O3/c1-12(22)17-15(20)8-9-16(18(17)21)24-11-3-2-10-23-14-6-4-13(19)5-7-14/h4-9H,2-3,10-11H2,1H3. The third-order valence-corrected chi connectivity index (χ3v) is 3.82. The second-order valence-electron chi connectivity index (χ2n) is 5.15. The molecule has 0 spiro atoms. The molecule has 6 heteroatoms. The van der Waals surface area contributed by atoms with E-state index in [2.05, 4.69) is 15.9 Å². The number of carbonyl (C=O) groups is 1. The molecule has 0 aliphatic heterocycles. The van der Waals surface area contributed by atoms with E-state index in [1.165, 1.54) is 6.07 Å². The van der Waals surface area contributed by atoms with E-state index < -0.39 is 23.0 Å². The molecule has 0 radical (unpaired) electrons. The van der Waals surface area contributed by atoms with Gasteiger partial charge in [-0.2, -0.15) is 0 Å². The molecule has 0 bridgehead atoms. The first kappa shape index (κ1) is 18.4. The Morgan fingerprint density at radius 2 is 1.62 bits per heavy atom. The molecular weight excluding hydrogens is 382 g/mol. The maximum Gasteiger partial charge on any atom is 0.178 e. The van der Waals surface area contributed by atoms with Gasteiger partial charge < -0.3 is 9.47 Å². The summed E-state index contributed by atoms with van der Waals surface area (Å²) >= 11 is 3.35. The van der Waals surface area contributed by atoms with Crippen LogP contribution in [0.2, 0.25) is 0 Å². The number of halogens is 3. The molecule has 3 nitrogen and oxygen atoms in total. The van der Waals surface area contributed by atoms with Crippen LogP contribution in [-0.2, 0) is 0 Å². The Morgan fingerprint density at radius 3 is 2.25 bits per heavy atom. The van der Waals surface area contributed by atoms with Crippen LogP contribution in [0.5, 0.6) is 11.5 Å². The van der Waals surface area contributed by atoms with E-state index in [9.17, 15) is 13.6 Å². The van der Waals surface area contributed by atoms with Crippen molar-refractivity contribution in [3.05, 3.63) is 58.1 Å². The van der Waals surface area contributed by atoms with Gasteiger partial charge in [-0.15, -0.1) is 0 Å². The molecule has 2 aromatic carbocycles. The lowest BCUT2D eigenvalue weighted by molar-refractivity contribution is 0.100. The average molecular weight is 399 g/mol. The van der Waals surface area contributed by atoms with Gasteiger partial charge in [0.15, 0.2) is 17.3 Å². The number of rotatable bonds is 8. The number of Topliss-reactive ketones (excluding diaryl/α,β-unsaturated/α-hetero) is 1. The lowest BCUT2D eigenvalue weighted by atomic mass is 10.1. The van der Waals surface area contributed by atoms with Crippen LogP contribution in [0.25, 0.3) is 0 Å². The van der Waals surface area contributed by atoms with Crippen molar-refractivity contribution in [3.8, 4) is 11.5 Å². The maximum absolute atomic E-state index is 14.0. The van der Waals surface area contributed by atoms with E-state index in [-0.39, 0.29) is 12.4 Å². The summed E-state index contributed by atoms with van der Waals surface area (Å²) < 4.78 is 39.3. The third kappa shape index (κ3) is 5.03. The van der Waals surface area contributed by atoms with Crippen LogP contribution in [-0.4, -0.2) is 19.0 Å². The Bertz CT molecular complexity index is 702. The van der Waals surface area contributed by atoms with E-state index in [1.54, 1.807) is 0 Å². The third-order valence-electron chi connectivity index (χ3n) is 3.29. The quantitative estimate of drug-likeness (QED) is 0.454. The first-order valence-corrected chi connectivity index (χ1v) is 8.28. The highest BCUT2D eigenvalue weighted by Crippen LogP contribution is 2.24. The second-order valence-corrected chi connectivity index (χ2v) is 6.06. The van der Waals surface area contributed by atoms with Crippen molar-refractivity contribution in [2.24, 2.45) is 0 Å². The molecule has 128 valence electrons. The average Bonchev–Trinajstić information content (AvgIpc) is 2.54. The molecule has 2 rings (SSSR count). The van der Waals surface area contributed by atoms with Gasteiger partial charge in [-0.25, -0.2) is 8.78 Å². The van der Waals surface area contributed by atoms with Crippen molar-refractivity contribution in [2.75, 3.05) is 13.2 Å². The molecule has 0 atom stereocenters. The monoisotopic (exact) mass is 398 g/mol. The molecule has 0 aromatic heterocycles. The van der Waals surface area contributed by atoms with Gasteiger partial charge in [0, 0.05) is 4.47 Å². The molecule has 0 heterocycles. The van der Waals surface area contributed by atoms with Crippen LogP contribution in [0, 0.1) is 11.6 Å². The topological polar surface area (TPSA) is 35.5 Å². The number of carbonyl (C=O) groups excluding carboxylic acids is 1. The molecule has 0 saturated heterocycles. The van der Waals surface area contributed by atoms with Gasteiger partial charge in [0.1, 0.15) is 11.6 Å². The second kappa shape index (κ2) is 8.78. The van der Waals surface area contributed by atoms with Crippen molar-refractivity contribution in [1.29, 1.82) is 0 Å². The zero-order valence-electron chi connectivity index (χ0n) is 13.2. The Kier molecular flexibility index (Phi) is 6.73. The van der Waals surface area contributed by atoms with Gasteiger partial charge in [-0.3, -0.25) is 4.79 Å². The van der Waals surface area contributed by atoms with Gasteiger partial charge in [0.05, 0.1) is 18.8 Å². The van der Waals surface area contributed by atoms with Crippen LogP contribution in [0.4, 0.5) is 8.78 Å². The molecule has 0 fully saturated rings. The Balaban J connectivity index is 1.75. The lowest BCUT2D eigenvalue weighted by Crippen LogP contribution is -2.07. The Morgan fingerprint density at radius 1 is 1.00 bits per heavy atom. The highest BCUT2D eigenvalue weighted by Gasteiger charge is 2.18. The van der Waals surface area contributed by atoms with E-state index >= 15 is 0 Å². The summed E-state index contributed by atoms with van der Waals surface area (Å²) in [5.41, 5.74) is -0.564. The van der Waals surface area contributed by atoms with Gasteiger partial charge >= 0.3 is 0 Å². The molecule has 2 aromatic rings.